The average Bonchev–Trinajstić information content (AvgIpc) is 1.90. The fraction of sp³-hybridized carbons (Fsp3) is 0.333. The van der Waals surface area contributed by atoms with Gasteiger partial charge in [0.1, 0.15) is 0 Å². The molecule has 0 aliphatic carbocycles. The molecule has 10 heavy (non-hydrogen) atoms. The summed E-state index contributed by atoms with van der Waals surface area (Å²) in [6.45, 7) is 11.2. The van der Waals surface area contributed by atoms with E-state index in [4.69, 9.17) is 0 Å². The van der Waals surface area contributed by atoms with Gasteiger partial charge in [-0.2, -0.15) is 0 Å². The highest BCUT2D eigenvalue weighted by molar-refractivity contribution is 6.60. The van der Waals surface area contributed by atoms with Gasteiger partial charge in [-0.1, -0.05) is 15.8 Å². The molecule has 0 aliphatic rings. The highest BCUT2D eigenvalue weighted by atomic mass is 27.2. The second-order valence-corrected chi connectivity index (χ2v) is 5.59. The molecule has 0 atom stereocenters. The van der Waals surface area contributed by atoms with Gasteiger partial charge in [-0.3, -0.25) is 0 Å². The zero-order chi connectivity index (χ0) is 7.82. The first-order valence-electron chi connectivity index (χ1n) is 3.67. The molecule has 0 aromatic rings. The van der Waals surface area contributed by atoms with E-state index in [9.17, 15) is 0 Å². The van der Waals surface area contributed by atoms with Crippen molar-refractivity contribution in [1.29, 1.82) is 0 Å². The topological polar surface area (TPSA) is 0 Å². The molecule has 0 aromatic heterocycles. The van der Waals surface area contributed by atoms with Gasteiger partial charge in [0, 0.05) is 1.43 Å². The van der Waals surface area contributed by atoms with E-state index in [2.05, 4.69) is 19.7 Å². The van der Waals surface area contributed by atoms with Gasteiger partial charge in [0.25, 0.3) is 14.1 Å². The molecule has 0 aliphatic heterocycles. The zero-order valence-electron chi connectivity index (χ0n) is 6.55. The van der Waals surface area contributed by atoms with Gasteiger partial charge in [-0.15, -0.1) is 38.0 Å². The third kappa shape index (κ3) is 4.61. The van der Waals surface area contributed by atoms with Crippen molar-refractivity contribution in [2.75, 3.05) is 0 Å². The summed E-state index contributed by atoms with van der Waals surface area (Å²) in [7, 11) is 0. The molecule has 0 bridgehead atoms. The Morgan fingerprint density at radius 3 is 1.40 bits per heavy atom. The van der Waals surface area contributed by atoms with Gasteiger partial charge >= 0.3 is 0 Å². The van der Waals surface area contributed by atoms with E-state index in [-0.39, 0.29) is 1.43 Å². The molecule has 0 saturated carbocycles. The van der Waals surface area contributed by atoms with Crippen molar-refractivity contribution < 1.29 is 1.43 Å². The van der Waals surface area contributed by atoms with Crippen molar-refractivity contribution in [2.24, 2.45) is 0 Å². The molecule has 0 amide bonds. The van der Waals surface area contributed by atoms with Crippen molar-refractivity contribution in [3.63, 3.8) is 0 Å². The molecule has 0 heterocycles. The predicted molar refractivity (Wildman–Crippen MR) is 52.9 cm³/mol. The number of rotatable bonds is 6. The van der Waals surface area contributed by atoms with Crippen LogP contribution in [0.1, 0.15) is 1.43 Å². The van der Waals surface area contributed by atoms with Crippen molar-refractivity contribution in [3.05, 3.63) is 38.0 Å². The SMILES string of the molecule is C=C[CH2][Al]([CH2]C=C)[CH2]C=C.[HH]. The highest BCUT2D eigenvalue weighted by Crippen LogP contribution is 2.06. The van der Waals surface area contributed by atoms with E-state index in [0.717, 1.165) is 0 Å². The van der Waals surface area contributed by atoms with Crippen LogP contribution in [0.15, 0.2) is 38.0 Å². The Morgan fingerprint density at radius 2 is 1.20 bits per heavy atom. The molecule has 0 spiro atoms. The van der Waals surface area contributed by atoms with Crippen LogP contribution in [0.3, 0.4) is 0 Å². The lowest BCUT2D eigenvalue weighted by Crippen LogP contribution is -2.07. The zero-order valence-corrected chi connectivity index (χ0v) is 7.71. The van der Waals surface area contributed by atoms with Crippen LogP contribution in [0.25, 0.3) is 0 Å². The molecule has 0 saturated heterocycles. The summed E-state index contributed by atoms with van der Waals surface area (Å²) in [6.07, 6.45) is 6.05. The third-order valence-electron chi connectivity index (χ3n) is 1.50. The van der Waals surface area contributed by atoms with Gasteiger partial charge in [-0.25, -0.2) is 0 Å². The van der Waals surface area contributed by atoms with Gasteiger partial charge in [-0.05, 0) is 0 Å². The third-order valence-corrected chi connectivity index (χ3v) is 4.50. The van der Waals surface area contributed by atoms with E-state index in [0.29, 0.717) is 0 Å². The maximum absolute atomic E-state index is 3.73. The Hall–Kier alpha value is -0.248. The summed E-state index contributed by atoms with van der Waals surface area (Å²) in [6, 6.07) is 0. The quantitative estimate of drug-likeness (QED) is 0.404. The molecule has 0 unspecified atom stereocenters. The second-order valence-electron chi connectivity index (χ2n) is 2.44. The monoisotopic (exact) mass is 152 g/mol. The van der Waals surface area contributed by atoms with Gasteiger partial charge in [0.05, 0.1) is 0 Å². The molecule has 1 heteroatoms. The first-order valence-corrected chi connectivity index (χ1v) is 6.12. The summed E-state index contributed by atoms with van der Waals surface area (Å²) in [5.74, 6) is 0. The number of hydrogen-bond donors (Lipinski definition) is 0. The molecule has 0 fully saturated rings. The van der Waals surface area contributed by atoms with Crippen LogP contribution in [0.2, 0.25) is 15.8 Å². The first kappa shape index (κ1) is 9.75. The lowest BCUT2D eigenvalue weighted by atomic mass is 10.7. The van der Waals surface area contributed by atoms with Crippen LogP contribution in [0.4, 0.5) is 0 Å². The van der Waals surface area contributed by atoms with Crippen LogP contribution in [0.5, 0.6) is 0 Å². The van der Waals surface area contributed by atoms with Gasteiger partial charge < -0.3 is 0 Å². The van der Waals surface area contributed by atoms with E-state index < -0.39 is 14.1 Å². The number of hydrogen-bond acceptors (Lipinski definition) is 0. The predicted octanol–water partition coefficient (Wildman–Crippen LogP) is 3.29. The minimum absolute atomic E-state index is 0. The smallest absolute Gasteiger partial charge is 0.105 e. The lowest BCUT2D eigenvalue weighted by molar-refractivity contribution is 1.45. The first-order chi connectivity index (χ1) is 4.85. The van der Waals surface area contributed by atoms with Crippen LogP contribution >= 0.6 is 0 Å². The van der Waals surface area contributed by atoms with E-state index in [1.807, 2.05) is 18.2 Å². The summed E-state index contributed by atoms with van der Waals surface area (Å²) in [5, 5.41) is 3.62. The molecular formula is C9H17Al. The molecule has 0 nitrogen and oxygen atoms in total. The summed E-state index contributed by atoms with van der Waals surface area (Å²) < 4.78 is 0. The summed E-state index contributed by atoms with van der Waals surface area (Å²) in [5.41, 5.74) is 0. The molecule has 0 rings (SSSR count). The maximum atomic E-state index is 3.73. The second kappa shape index (κ2) is 6.87. The van der Waals surface area contributed by atoms with Crippen LogP contribution in [-0.4, -0.2) is 14.1 Å². The Bertz CT molecular complexity index is 97.0. The Morgan fingerprint density at radius 1 is 0.900 bits per heavy atom. The number of allylic oxidation sites excluding steroid dienone is 3. The van der Waals surface area contributed by atoms with Crippen molar-refractivity contribution >= 4 is 14.1 Å². The average molecular weight is 152 g/mol. The Balaban J connectivity index is 0. The largest absolute Gasteiger partial charge is 0.274 e. The molecule has 0 radical (unpaired) electrons. The minimum atomic E-state index is -0.588. The van der Waals surface area contributed by atoms with Crippen molar-refractivity contribution in [3.8, 4) is 0 Å². The molecule has 56 valence electrons. The Kier molecular flexibility index (Phi) is 6.70. The van der Waals surface area contributed by atoms with Crippen LogP contribution in [0, 0.1) is 0 Å². The van der Waals surface area contributed by atoms with Gasteiger partial charge in [0.2, 0.25) is 0 Å². The van der Waals surface area contributed by atoms with E-state index in [1.54, 1.807) is 0 Å². The van der Waals surface area contributed by atoms with Crippen molar-refractivity contribution in [1.82, 2.24) is 0 Å². The molecule has 0 N–H and O–H groups in total. The highest BCUT2D eigenvalue weighted by Gasteiger charge is 2.09. The summed E-state index contributed by atoms with van der Waals surface area (Å²) >= 11 is -0.588. The van der Waals surface area contributed by atoms with Crippen LogP contribution in [-0.2, 0) is 0 Å². The maximum Gasteiger partial charge on any atom is 0.274 e. The standard InChI is InChI=1S/3C3H5.Al.H2/c3*1-3-2;;/h3*3H,1-2H2;;1H. The fourth-order valence-electron chi connectivity index (χ4n) is 0.996. The fourth-order valence-corrected chi connectivity index (χ4v) is 2.99. The van der Waals surface area contributed by atoms with Crippen LogP contribution < -0.4 is 0 Å². The minimum Gasteiger partial charge on any atom is -0.105 e. The molecular weight excluding hydrogens is 135 g/mol. The molecule has 0 aromatic carbocycles. The summed E-state index contributed by atoms with van der Waals surface area (Å²) in [4.78, 5) is 0. The lowest BCUT2D eigenvalue weighted by Gasteiger charge is -2.00. The van der Waals surface area contributed by atoms with Crippen molar-refractivity contribution in [2.45, 2.75) is 15.8 Å². The Labute approximate surface area is 69.8 Å². The van der Waals surface area contributed by atoms with E-state index in [1.165, 1.54) is 15.8 Å². The van der Waals surface area contributed by atoms with Gasteiger partial charge in [0.15, 0.2) is 0 Å². The van der Waals surface area contributed by atoms with E-state index >= 15 is 0 Å². The normalized spacial score (nSPS) is 8.40.